The molecular weight excluding hydrogens is 518 g/mol. The summed E-state index contributed by atoms with van der Waals surface area (Å²) in [5, 5.41) is 4.66. The van der Waals surface area contributed by atoms with Crippen LogP contribution in [0.2, 0.25) is 0 Å². The second-order valence-corrected chi connectivity index (χ2v) is 9.58. The van der Waals surface area contributed by atoms with Crippen LogP contribution in [0.15, 0.2) is 83.9 Å². The van der Waals surface area contributed by atoms with Crippen molar-refractivity contribution >= 4 is 28.4 Å². The normalized spacial score (nSPS) is 11.7. The molecule has 10 nitrogen and oxygen atoms in total. The predicted octanol–water partition coefficient (Wildman–Crippen LogP) is 4.70. The molecule has 1 amide bonds. The lowest BCUT2D eigenvalue weighted by Gasteiger charge is -2.23. The van der Waals surface area contributed by atoms with Crippen molar-refractivity contribution in [3.05, 3.63) is 101 Å². The highest BCUT2D eigenvalue weighted by molar-refractivity contribution is 5.99. The molecule has 41 heavy (non-hydrogen) atoms. The number of fused-ring (bicyclic) bond motifs is 1. The Morgan fingerprint density at radius 1 is 1.10 bits per heavy atom. The number of para-hydroxylation sites is 1. The number of pyridine rings is 2. The van der Waals surface area contributed by atoms with Crippen LogP contribution in [0.3, 0.4) is 0 Å². The van der Waals surface area contributed by atoms with E-state index in [4.69, 9.17) is 10.5 Å². The van der Waals surface area contributed by atoms with E-state index >= 15 is 0 Å². The third kappa shape index (κ3) is 5.31. The number of hydrogen-bond acceptors (Lipinski definition) is 8. The van der Waals surface area contributed by atoms with E-state index in [2.05, 4.69) is 20.3 Å². The summed E-state index contributed by atoms with van der Waals surface area (Å²) >= 11 is 0. The number of methoxy groups -OCH3 is 1. The van der Waals surface area contributed by atoms with Gasteiger partial charge in [-0.15, -0.1) is 0 Å². The van der Waals surface area contributed by atoms with E-state index in [1.807, 2.05) is 80.6 Å². The largest absolute Gasteiger partial charge is 0.481 e. The Hall–Kier alpha value is -5.25. The summed E-state index contributed by atoms with van der Waals surface area (Å²) in [5.41, 5.74) is 8.98. The fourth-order valence-corrected chi connectivity index (χ4v) is 4.76. The van der Waals surface area contributed by atoms with Gasteiger partial charge in [0.05, 0.1) is 18.5 Å². The number of amides is 1. The fourth-order valence-electron chi connectivity index (χ4n) is 4.76. The number of anilines is 2. The highest BCUT2D eigenvalue weighted by Gasteiger charge is 2.23. The molecule has 10 heteroatoms. The monoisotopic (exact) mass is 549 g/mol. The van der Waals surface area contributed by atoms with E-state index < -0.39 is 6.04 Å². The van der Waals surface area contributed by atoms with Crippen molar-refractivity contribution in [2.45, 2.75) is 19.9 Å². The zero-order chi connectivity index (χ0) is 29.1. The molecule has 0 aliphatic heterocycles. The minimum Gasteiger partial charge on any atom is -0.481 e. The number of nitrogens with zero attached hydrogens (tertiary/aromatic N) is 5. The van der Waals surface area contributed by atoms with Crippen LogP contribution >= 0.6 is 0 Å². The van der Waals surface area contributed by atoms with Crippen LogP contribution in [0.1, 0.15) is 35.9 Å². The van der Waals surface area contributed by atoms with Gasteiger partial charge in [-0.25, -0.2) is 9.97 Å². The quantitative estimate of drug-likeness (QED) is 0.285. The molecular formula is C31H31N7O3. The van der Waals surface area contributed by atoms with Gasteiger partial charge in [0.1, 0.15) is 11.4 Å². The Morgan fingerprint density at radius 2 is 1.88 bits per heavy atom. The zero-order valence-corrected chi connectivity index (χ0v) is 23.3. The number of aromatic nitrogens is 4. The van der Waals surface area contributed by atoms with Crippen molar-refractivity contribution in [2.75, 3.05) is 31.8 Å². The van der Waals surface area contributed by atoms with Gasteiger partial charge in [-0.05, 0) is 54.6 Å². The fraction of sp³-hybridized carbons (Fsp3) is 0.194. The molecule has 0 saturated carbocycles. The molecule has 0 saturated heterocycles. The van der Waals surface area contributed by atoms with E-state index in [0.29, 0.717) is 40.6 Å². The lowest BCUT2D eigenvalue weighted by Crippen LogP contribution is -2.29. The van der Waals surface area contributed by atoms with Crippen molar-refractivity contribution in [2.24, 2.45) is 0 Å². The van der Waals surface area contributed by atoms with Gasteiger partial charge in [0.2, 0.25) is 11.8 Å². The first-order valence-corrected chi connectivity index (χ1v) is 13.2. The first kappa shape index (κ1) is 27.3. The lowest BCUT2D eigenvalue weighted by molar-refractivity contribution is 0.0802. The molecule has 3 aromatic heterocycles. The summed E-state index contributed by atoms with van der Waals surface area (Å²) in [7, 11) is 3.26. The highest BCUT2D eigenvalue weighted by Crippen LogP contribution is 2.31. The molecule has 0 aliphatic carbocycles. The second kappa shape index (κ2) is 11.5. The number of nitrogens with one attached hydrogen (secondary N) is 1. The van der Waals surface area contributed by atoms with Gasteiger partial charge in [-0.3, -0.25) is 14.2 Å². The summed E-state index contributed by atoms with van der Waals surface area (Å²) < 4.78 is 7.01. The first-order valence-electron chi connectivity index (χ1n) is 13.2. The Morgan fingerprint density at radius 3 is 2.61 bits per heavy atom. The van der Waals surface area contributed by atoms with E-state index in [1.54, 1.807) is 29.8 Å². The van der Waals surface area contributed by atoms with E-state index in [1.165, 1.54) is 6.20 Å². The van der Waals surface area contributed by atoms with Crippen LogP contribution in [-0.2, 0) is 0 Å². The molecule has 0 spiro atoms. The van der Waals surface area contributed by atoms with Gasteiger partial charge >= 0.3 is 0 Å². The minimum absolute atomic E-state index is 0.0341. The Kier molecular flexibility index (Phi) is 7.64. The molecule has 3 N–H and O–H groups in total. The maximum atomic E-state index is 14.4. The van der Waals surface area contributed by atoms with Crippen LogP contribution in [0.25, 0.3) is 27.6 Å². The number of benzene rings is 2. The number of nitrogen functional groups attached to an aromatic ring is 1. The van der Waals surface area contributed by atoms with E-state index in [-0.39, 0.29) is 17.4 Å². The Balaban J connectivity index is 1.70. The van der Waals surface area contributed by atoms with Crippen molar-refractivity contribution in [3.63, 3.8) is 0 Å². The predicted molar refractivity (Wildman–Crippen MR) is 160 cm³/mol. The van der Waals surface area contributed by atoms with Crippen molar-refractivity contribution < 1.29 is 9.53 Å². The molecule has 1 unspecified atom stereocenters. The number of carbonyl (C=O) groups excluding carboxylic acids is 1. The standard InChI is InChI=1S/C31H31N7O3/c1-5-37(3)29(39)24-18-34-31(32)36-28(24)35-19(2)25-16-21-10-9-13-23(20-14-15-33-26(17-20)41-4)27(21)30(40)38(25)22-11-7-6-8-12-22/h6-19H,5H2,1-4H3,(H3,32,34,35,36). The SMILES string of the molecule is CCN(C)C(=O)c1cnc(N)nc1NC(C)c1cc2cccc(-c3ccnc(OC)c3)c2c(=O)n1-c1ccccc1. The molecule has 0 aliphatic rings. The Bertz CT molecular complexity index is 1790. The van der Waals surface area contributed by atoms with E-state index in [0.717, 1.165) is 16.5 Å². The maximum absolute atomic E-state index is 14.4. The minimum atomic E-state index is -0.454. The van der Waals surface area contributed by atoms with Crippen LogP contribution < -0.4 is 21.3 Å². The molecule has 208 valence electrons. The van der Waals surface area contributed by atoms with Gasteiger partial charge in [0.25, 0.3) is 11.5 Å². The molecule has 5 rings (SSSR count). The molecule has 1 atom stereocenters. The van der Waals surface area contributed by atoms with Crippen LogP contribution in [0.5, 0.6) is 5.88 Å². The number of hydrogen-bond donors (Lipinski definition) is 2. The molecule has 3 heterocycles. The first-order chi connectivity index (χ1) is 19.8. The van der Waals surface area contributed by atoms with Crippen LogP contribution in [0, 0.1) is 0 Å². The zero-order valence-electron chi connectivity index (χ0n) is 23.3. The third-order valence-electron chi connectivity index (χ3n) is 7.00. The van der Waals surface area contributed by atoms with Crippen molar-refractivity contribution in [1.29, 1.82) is 0 Å². The summed E-state index contributed by atoms with van der Waals surface area (Å²) in [6, 6.07) is 20.4. The second-order valence-electron chi connectivity index (χ2n) is 9.58. The van der Waals surface area contributed by atoms with Gasteiger partial charge in [-0.2, -0.15) is 4.98 Å². The van der Waals surface area contributed by atoms with Crippen molar-refractivity contribution in [3.8, 4) is 22.7 Å². The smallest absolute Gasteiger partial charge is 0.263 e. The summed E-state index contributed by atoms with van der Waals surface area (Å²) in [4.78, 5) is 41.6. The van der Waals surface area contributed by atoms with Gasteiger partial charge in [-0.1, -0.05) is 36.4 Å². The van der Waals surface area contributed by atoms with E-state index in [9.17, 15) is 9.59 Å². The Labute approximate surface area is 237 Å². The number of ether oxygens (including phenoxy) is 1. The van der Waals surface area contributed by atoms with Gasteiger partial charge in [0, 0.05) is 43.4 Å². The maximum Gasteiger partial charge on any atom is 0.263 e. The summed E-state index contributed by atoms with van der Waals surface area (Å²) in [6.07, 6.45) is 3.08. The highest BCUT2D eigenvalue weighted by atomic mass is 16.5. The van der Waals surface area contributed by atoms with Crippen LogP contribution in [0.4, 0.5) is 11.8 Å². The molecule has 0 bridgehead atoms. The van der Waals surface area contributed by atoms with Gasteiger partial charge < -0.3 is 20.7 Å². The van der Waals surface area contributed by atoms with Gasteiger partial charge in [0.15, 0.2) is 0 Å². The molecule has 0 fully saturated rings. The number of rotatable bonds is 8. The molecule has 5 aromatic rings. The average molecular weight is 550 g/mol. The topological polar surface area (TPSA) is 128 Å². The third-order valence-corrected chi connectivity index (χ3v) is 7.00. The number of nitrogens with two attached hydrogens (primary N) is 1. The molecule has 0 radical (unpaired) electrons. The van der Waals surface area contributed by atoms with Crippen molar-refractivity contribution in [1.82, 2.24) is 24.4 Å². The molecule has 2 aromatic carbocycles. The summed E-state index contributed by atoms with van der Waals surface area (Å²) in [6.45, 7) is 4.31. The van der Waals surface area contributed by atoms with Crippen LogP contribution in [-0.4, -0.2) is 51.0 Å². The average Bonchev–Trinajstić information content (AvgIpc) is 3.00. The number of carbonyl (C=O) groups is 1. The lowest BCUT2D eigenvalue weighted by atomic mass is 9.98. The summed E-state index contributed by atoms with van der Waals surface area (Å²) in [5.74, 6) is 0.547.